The summed E-state index contributed by atoms with van der Waals surface area (Å²) in [4.78, 5) is 28.7. The van der Waals surface area contributed by atoms with Crippen molar-refractivity contribution >= 4 is 17.5 Å². The van der Waals surface area contributed by atoms with Gasteiger partial charge in [-0.15, -0.1) is 0 Å². The number of nitrogens with one attached hydrogen (secondary N) is 1. The van der Waals surface area contributed by atoms with Crippen LogP contribution in [0.5, 0.6) is 0 Å². The molecule has 1 aliphatic rings. The molecule has 0 saturated heterocycles. The van der Waals surface area contributed by atoms with Crippen LogP contribution in [0.3, 0.4) is 0 Å². The molecule has 1 fully saturated rings. The van der Waals surface area contributed by atoms with Crippen molar-refractivity contribution in [2.45, 2.75) is 44.7 Å². The van der Waals surface area contributed by atoms with Crippen molar-refractivity contribution in [3.05, 3.63) is 89.9 Å². The summed E-state index contributed by atoms with van der Waals surface area (Å²) in [5, 5.41) is 3.18. The first-order chi connectivity index (χ1) is 14.6. The van der Waals surface area contributed by atoms with Gasteiger partial charge >= 0.3 is 0 Å². The molecule has 5 nitrogen and oxygen atoms in total. The van der Waals surface area contributed by atoms with Crippen LogP contribution in [-0.4, -0.2) is 17.9 Å². The fourth-order valence-electron chi connectivity index (χ4n) is 4.12. The Morgan fingerprint density at radius 1 is 0.967 bits per heavy atom. The topological polar surface area (TPSA) is 62.6 Å². The Labute approximate surface area is 176 Å². The second-order valence-electron chi connectivity index (χ2n) is 7.74. The second-order valence-corrected chi connectivity index (χ2v) is 7.74. The number of hydrogen-bond donors (Lipinski definition) is 1. The zero-order valence-electron chi connectivity index (χ0n) is 17.1. The largest absolute Gasteiger partial charge is 0.459 e. The van der Waals surface area contributed by atoms with E-state index in [2.05, 4.69) is 5.32 Å². The number of rotatable bonds is 6. The molecule has 0 bridgehead atoms. The lowest BCUT2D eigenvalue weighted by molar-refractivity contribution is -0.123. The number of carbonyl (C=O) groups is 2. The lowest BCUT2D eigenvalue weighted by atomic mass is 10.0. The van der Waals surface area contributed by atoms with Crippen molar-refractivity contribution in [1.82, 2.24) is 5.32 Å². The summed E-state index contributed by atoms with van der Waals surface area (Å²) < 4.78 is 5.41. The number of benzene rings is 2. The van der Waals surface area contributed by atoms with E-state index in [1.54, 1.807) is 17.0 Å². The maximum absolute atomic E-state index is 13.6. The summed E-state index contributed by atoms with van der Waals surface area (Å²) in [7, 11) is 0. The van der Waals surface area contributed by atoms with Gasteiger partial charge in [0.15, 0.2) is 5.76 Å². The minimum atomic E-state index is -0.800. The predicted octanol–water partition coefficient (Wildman–Crippen LogP) is 5.03. The van der Waals surface area contributed by atoms with E-state index in [0.29, 0.717) is 5.69 Å². The molecule has 2 amide bonds. The van der Waals surface area contributed by atoms with Crippen molar-refractivity contribution in [1.29, 1.82) is 0 Å². The molecule has 1 N–H and O–H groups in total. The fraction of sp³-hybridized carbons (Fsp3) is 0.280. The van der Waals surface area contributed by atoms with Gasteiger partial charge in [0.2, 0.25) is 5.91 Å². The van der Waals surface area contributed by atoms with Crippen molar-refractivity contribution in [3.63, 3.8) is 0 Å². The van der Waals surface area contributed by atoms with Crippen molar-refractivity contribution in [3.8, 4) is 0 Å². The second kappa shape index (κ2) is 8.99. The Kier molecular flexibility index (Phi) is 5.98. The molecule has 30 heavy (non-hydrogen) atoms. The third-order valence-electron chi connectivity index (χ3n) is 5.65. The van der Waals surface area contributed by atoms with Crippen molar-refractivity contribution in [2.75, 3.05) is 4.90 Å². The number of hydrogen-bond acceptors (Lipinski definition) is 3. The smallest absolute Gasteiger partial charge is 0.294 e. The Morgan fingerprint density at radius 2 is 1.67 bits per heavy atom. The predicted molar refractivity (Wildman–Crippen MR) is 116 cm³/mol. The van der Waals surface area contributed by atoms with E-state index in [4.69, 9.17) is 4.42 Å². The molecule has 0 aliphatic heterocycles. The highest BCUT2D eigenvalue weighted by Gasteiger charge is 2.36. The standard InChI is InChI=1S/C25H26N2O3/c1-18-10-5-8-15-21(18)27(25(29)22-16-9-17-30-22)23(19-11-3-2-4-12-19)24(28)26-20-13-6-7-14-20/h2-5,8-12,15-17,20,23H,6-7,13-14H2,1H3,(H,26,28)/t23-/m0/s1. The SMILES string of the molecule is Cc1ccccc1N(C(=O)c1ccco1)[C@H](C(=O)NC1CCCC1)c1ccccc1. The molecule has 0 radical (unpaired) electrons. The number of amides is 2. The first kappa shape index (κ1) is 20.0. The lowest BCUT2D eigenvalue weighted by Gasteiger charge is -2.32. The van der Waals surface area contributed by atoms with Gasteiger partial charge in [0.05, 0.1) is 6.26 Å². The highest BCUT2D eigenvalue weighted by Crippen LogP contribution is 2.32. The van der Waals surface area contributed by atoms with E-state index >= 15 is 0 Å². The number of carbonyl (C=O) groups excluding carboxylic acids is 2. The van der Waals surface area contributed by atoms with Gasteiger partial charge < -0.3 is 9.73 Å². The van der Waals surface area contributed by atoms with E-state index in [1.807, 2.05) is 61.5 Å². The van der Waals surface area contributed by atoms with Gasteiger partial charge in [0.1, 0.15) is 6.04 Å². The molecule has 1 heterocycles. The molecule has 5 heteroatoms. The summed E-state index contributed by atoms with van der Waals surface area (Å²) in [6.07, 6.45) is 5.66. The van der Waals surface area contributed by atoms with Crippen LogP contribution in [0.25, 0.3) is 0 Å². The van der Waals surface area contributed by atoms with E-state index in [-0.39, 0.29) is 23.6 Å². The van der Waals surface area contributed by atoms with Crippen LogP contribution in [0.2, 0.25) is 0 Å². The van der Waals surface area contributed by atoms with Gasteiger partial charge in [0.25, 0.3) is 5.91 Å². The first-order valence-electron chi connectivity index (χ1n) is 10.4. The Balaban J connectivity index is 1.80. The molecule has 4 rings (SSSR count). The van der Waals surface area contributed by atoms with Crippen LogP contribution in [0, 0.1) is 6.92 Å². The quantitative estimate of drug-likeness (QED) is 0.629. The summed E-state index contributed by atoms with van der Waals surface area (Å²) in [6.45, 7) is 1.94. The maximum Gasteiger partial charge on any atom is 0.294 e. The van der Waals surface area contributed by atoms with Crippen molar-refractivity contribution in [2.24, 2.45) is 0 Å². The fourth-order valence-corrected chi connectivity index (χ4v) is 4.12. The average molecular weight is 402 g/mol. The highest BCUT2D eigenvalue weighted by atomic mass is 16.3. The van der Waals surface area contributed by atoms with Crippen LogP contribution < -0.4 is 10.2 Å². The normalized spacial score (nSPS) is 15.0. The summed E-state index contributed by atoms with van der Waals surface area (Å²) >= 11 is 0. The highest BCUT2D eigenvalue weighted by molar-refractivity contribution is 6.09. The molecule has 0 unspecified atom stereocenters. The molecule has 1 aliphatic carbocycles. The van der Waals surface area contributed by atoms with Gasteiger partial charge in [-0.25, -0.2) is 0 Å². The molecule has 1 atom stereocenters. The van der Waals surface area contributed by atoms with Gasteiger partial charge in [-0.05, 0) is 49.1 Å². The molecule has 2 aromatic carbocycles. The molecule has 3 aromatic rings. The van der Waals surface area contributed by atoms with Crippen LogP contribution in [-0.2, 0) is 4.79 Å². The van der Waals surface area contributed by atoms with Gasteiger partial charge in [-0.1, -0.05) is 61.4 Å². The Morgan fingerprint density at radius 3 is 2.33 bits per heavy atom. The van der Waals surface area contributed by atoms with Crippen LogP contribution in [0.4, 0.5) is 5.69 Å². The first-order valence-corrected chi connectivity index (χ1v) is 10.4. The summed E-state index contributed by atoms with van der Waals surface area (Å²) in [5.74, 6) is -0.311. The maximum atomic E-state index is 13.6. The molecule has 1 saturated carbocycles. The van der Waals surface area contributed by atoms with Crippen LogP contribution in [0.1, 0.15) is 53.4 Å². The van der Waals surface area contributed by atoms with E-state index < -0.39 is 6.04 Å². The van der Waals surface area contributed by atoms with Crippen LogP contribution in [0.15, 0.2) is 77.4 Å². The molecular weight excluding hydrogens is 376 g/mol. The third-order valence-corrected chi connectivity index (χ3v) is 5.65. The summed E-state index contributed by atoms with van der Waals surface area (Å²) in [5.41, 5.74) is 2.36. The molecule has 0 spiro atoms. The number of furan rings is 1. The van der Waals surface area contributed by atoms with Gasteiger partial charge in [-0.3, -0.25) is 14.5 Å². The molecule has 154 valence electrons. The number of anilines is 1. The molecule has 1 aromatic heterocycles. The van der Waals surface area contributed by atoms with E-state index in [0.717, 1.165) is 36.8 Å². The van der Waals surface area contributed by atoms with E-state index in [9.17, 15) is 9.59 Å². The number of aryl methyl sites for hydroxylation is 1. The Hall–Kier alpha value is -3.34. The summed E-state index contributed by atoms with van der Waals surface area (Å²) in [6, 6.07) is 19.7. The average Bonchev–Trinajstić information content (AvgIpc) is 3.47. The number of para-hydroxylation sites is 1. The minimum Gasteiger partial charge on any atom is -0.459 e. The lowest BCUT2D eigenvalue weighted by Crippen LogP contribution is -2.46. The van der Waals surface area contributed by atoms with Gasteiger partial charge in [-0.2, -0.15) is 0 Å². The number of nitrogens with zero attached hydrogens (tertiary/aromatic N) is 1. The molecular formula is C25H26N2O3. The van der Waals surface area contributed by atoms with E-state index in [1.165, 1.54) is 6.26 Å². The monoisotopic (exact) mass is 402 g/mol. The third kappa shape index (κ3) is 4.15. The Bertz CT molecular complexity index is 992. The zero-order valence-corrected chi connectivity index (χ0v) is 17.1. The van der Waals surface area contributed by atoms with Crippen molar-refractivity contribution < 1.29 is 14.0 Å². The zero-order chi connectivity index (χ0) is 20.9. The minimum absolute atomic E-state index is 0.154. The van der Waals surface area contributed by atoms with Crippen LogP contribution >= 0.6 is 0 Å². The van der Waals surface area contributed by atoms with Gasteiger partial charge in [0, 0.05) is 11.7 Å².